The lowest BCUT2D eigenvalue weighted by atomic mass is 10.1. The first-order valence-electron chi connectivity index (χ1n) is 6.93. The van der Waals surface area contributed by atoms with Gasteiger partial charge in [0.25, 0.3) is 0 Å². The summed E-state index contributed by atoms with van der Waals surface area (Å²) in [6.45, 7) is 3.86. The normalized spacial score (nSPS) is 10.6. The van der Waals surface area contributed by atoms with Crippen molar-refractivity contribution in [2.45, 2.75) is 13.8 Å². The number of carbonyl (C=O) groups excluding carboxylic acids is 2. The Balaban J connectivity index is 1.92. The van der Waals surface area contributed by atoms with Crippen molar-refractivity contribution in [3.8, 4) is 0 Å². The molecule has 0 aliphatic carbocycles. The van der Waals surface area contributed by atoms with Crippen molar-refractivity contribution in [2.24, 2.45) is 5.10 Å². The van der Waals surface area contributed by atoms with E-state index in [0.29, 0.717) is 11.3 Å². The predicted octanol–water partition coefficient (Wildman–Crippen LogP) is 2.53. The Hall–Kier alpha value is -3.02. The SMILES string of the molecule is Cc1ccc(NC(=O)C(=O)N/N=C/c2cccc(F)c2)cc1C. The number of nitrogens with one attached hydrogen (secondary N) is 2. The number of amides is 2. The minimum atomic E-state index is -0.907. The molecule has 0 atom stereocenters. The maximum Gasteiger partial charge on any atom is 0.329 e. The Morgan fingerprint density at radius 1 is 1.04 bits per heavy atom. The number of hydrogen-bond acceptors (Lipinski definition) is 3. The van der Waals surface area contributed by atoms with Crippen LogP contribution in [0.4, 0.5) is 10.1 Å². The Morgan fingerprint density at radius 2 is 1.83 bits per heavy atom. The van der Waals surface area contributed by atoms with Crippen LogP contribution in [-0.4, -0.2) is 18.0 Å². The summed E-state index contributed by atoms with van der Waals surface area (Å²) in [7, 11) is 0. The molecule has 0 unspecified atom stereocenters. The van der Waals surface area contributed by atoms with Crippen LogP contribution in [0.25, 0.3) is 0 Å². The van der Waals surface area contributed by atoms with Crippen LogP contribution in [0.3, 0.4) is 0 Å². The minimum absolute atomic E-state index is 0.409. The fraction of sp³-hybridized carbons (Fsp3) is 0.118. The second-order valence-corrected chi connectivity index (χ2v) is 5.01. The molecular weight excluding hydrogens is 297 g/mol. The van der Waals surface area contributed by atoms with Gasteiger partial charge in [0, 0.05) is 5.69 Å². The van der Waals surface area contributed by atoms with Crippen molar-refractivity contribution in [1.29, 1.82) is 0 Å². The molecular formula is C17H16FN3O2. The number of carbonyl (C=O) groups is 2. The monoisotopic (exact) mass is 313 g/mol. The van der Waals surface area contributed by atoms with Gasteiger partial charge in [-0.2, -0.15) is 5.10 Å². The quantitative estimate of drug-likeness (QED) is 0.519. The number of benzene rings is 2. The highest BCUT2D eigenvalue weighted by molar-refractivity contribution is 6.39. The number of hydrogen-bond donors (Lipinski definition) is 2. The highest BCUT2D eigenvalue weighted by Crippen LogP contribution is 2.13. The third kappa shape index (κ3) is 4.74. The van der Waals surface area contributed by atoms with E-state index in [1.54, 1.807) is 18.2 Å². The molecule has 0 saturated heterocycles. The number of halogens is 1. The number of nitrogens with zero attached hydrogens (tertiary/aromatic N) is 1. The van der Waals surface area contributed by atoms with Crippen LogP contribution < -0.4 is 10.7 Å². The molecule has 23 heavy (non-hydrogen) atoms. The first-order valence-corrected chi connectivity index (χ1v) is 6.93. The van der Waals surface area contributed by atoms with Crippen LogP contribution in [0.1, 0.15) is 16.7 Å². The number of hydrazone groups is 1. The van der Waals surface area contributed by atoms with E-state index in [1.807, 2.05) is 19.9 Å². The summed E-state index contributed by atoms with van der Waals surface area (Å²) in [6, 6.07) is 11.0. The van der Waals surface area contributed by atoms with Crippen molar-refractivity contribution in [3.05, 3.63) is 65.0 Å². The van der Waals surface area contributed by atoms with Crippen LogP contribution in [0.2, 0.25) is 0 Å². The van der Waals surface area contributed by atoms with E-state index in [4.69, 9.17) is 0 Å². The summed E-state index contributed by atoms with van der Waals surface area (Å²) in [5, 5.41) is 6.11. The van der Waals surface area contributed by atoms with Gasteiger partial charge in [0.15, 0.2) is 0 Å². The molecule has 0 heterocycles. The van der Waals surface area contributed by atoms with Gasteiger partial charge in [0.1, 0.15) is 5.82 Å². The Bertz CT molecular complexity index is 772. The number of anilines is 1. The molecule has 6 heteroatoms. The average molecular weight is 313 g/mol. The molecule has 0 bridgehead atoms. The van der Waals surface area contributed by atoms with E-state index in [9.17, 15) is 14.0 Å². The van der Waals surface area contributed by atoms with Gasteiger partial charge < -0.3 is 5.32 Å². The van der Waals surface area contributed by atoms with Gasteiger partial charge in [-0.1, -0.05) is 18.2 Å². The van der Waals surface area contributed by atoms with Crippen LogP contribution in [0.15, 0.2) is 47.6 Å². The third-order valence-electron chi connectivity index (χ3n) is 3.20. The first kappa shape index (κ1) is 16.4. The summed E-state index contributed by atoms with van der Waals surface area (Å²) < 4.78 is 13.0. The molecule has 2 aromatic rings. The lowest BCUT2D eigenvalue weighted by molar-refractivity contribution is -0.136. The van der Waals surface area contributed by atoms with Gasteiger partial charge >= 0.3 is 11.8 Å². The van der Waals surface area contributed by atoms with E-state index in [1.165, 1.54) is 24.4 Å². The largest absolute Gasteiger partial charge is 0.329 e. The molecule has 5 nitrogen and oxygen atoms in total. The zero-order valence-electron chi connectivity index (χ0n) is 12.8. The summed E-state index contributed by atoms with van der Waals surface area (Å²) in [5.74, 6) is -2.15. The summed E-state index contributed by atoms with van der Waals surface area (Å²) in [6.07, 6.45) is 1.25. The second-order valence-electron chi connectivity index (χ2n) is 5.01. The average Bonchev–Trinajstić information content (AvgIpc) is 2.51. The van der Waals surface area contributed by atoms with Gasteiger partial charge in [0.05, 0.1) is 6.21 Å². The lowest BCUT2D eigenvalue weighted by Gasteiger charge is -2.06. The summed E-state index contributed by atoms with van der Waals surface area (Å²) in [4.78, 5) is 23.4. The lowest BCUT2D eigenvalue weighted by Crippen LogP contribution is -2.32. The molecule has 2 N–H and O–H groups in total. The Kier molecular flexibility index (Phi) is 5.19. The maximum atomic E-state index is 13.0. The van der Waals surface area contributed by atoms with Crippen molar-refractivity contribution >= 4 is 23.7 Å². The van der Waals surface area contributed by atoms with Crippen LogP contribution in [-0.2, 0) is 9.59 Å². The summed E-state index contributed by atoms with van der Waals surface area (Å²) >= 11 is 0. The number of rotatable bonds is 3. The topological polar surface area (TPSA) is 70.6 Å². The zero-order chi connectivity index (χ0) is 16.8. The summed E-state index contributed by atoms with van der Waals surface area (Å²) in [5.41, 5.74) is 5.19. The van der Waals surface area contributed by atoms with Crippen LogP contribution >= 0.6 is 0 Å². The maximum absolute atomic E-state index is 13.0. The first-order chi connectivity index (χ1) is 11.0. The standard InChI is InChI=1S/C17H16FN3O2/c1-11-6-7-15(8-12(11)2)20-16(22)17(23)21-19-10-13-4-3-5-14(18)9-13/h3-10H,1-2H3,(H,20,22)(H,21,23)/b19-10+. The fourth-order valence-corrected chi connectivity index (χ4v) is 1.81. The smallest absolute Gasteiger partial charge is 0.318 e. The van der Waals surface area contributed by atoms with Crippen molar-refractivity contribution in [3.63, 3.8) is 0 Å². The minimum Gasteiger partial charge on any atom is -0.318 e. The molecule has 2 amide bonds. The molecule has 2 aromatic carbocycles. The Morgan fingerprint density at radius 3 is 2.52 bits per heavy atom. The zero-order valence-corrected chi connectivity index (χ0v) is 12.8. The molecule has 0 fully saturated rings. The van der Waals surface area contributed by atoms with Crippen molar-refractivity contribution in [1.82, 2.24) is 5.43 Å². The molecule has 0 aromatic heterocycles. The Labute approximate surface area is 133 Å². The van der Waals surface area contributed by atoms with Gasteiger partial charge in [-0.25, -0.2) is 9.82 Å². The van der Waals surface area contributed by atoms with Gasteiger partial charge in [-0.15, -0.1) is 0 Å². The van der Waals surface area contributed by atoms with E-state index in [2.05, 4.69) is 15.8 Å². The van der Waals surface area contributed by atoms with Crippen LogP contribution in [0.5, 0.6) is 0 Å². The predicted molar refractivity (Wildman–Crippen MR) is 86.7 cm³/mol. The van der Waals surface area contributed by atoms with Crippen LogP contribution in [0, 0.1) is 19.7 Å². The van der Waals surface area contributed by atoms with Crippen molar-refractivity contribution < 1.29 is 14.0 Å². The highest BCUT2D eigenvalue weighted by atomic mass is 19.1. The molecule has 0 aliphatic heterocycles. The molecule has 118 valence electrons. The highest BCUT2D eigenvalue weighted by Gasteiger charge is 2.12. The van der Waals surface area contributed by atoms with Gasteiger partial charge in [-0.05, 0) is 54.8 Å². The second kappa shape index (κ2) is 7.31. The fourth-order valence-electron chi connectivity index (χ4n) is 1.81. The number of aryl methyl sites for hydroxylation is 2. The van der Waals surface area contributed by atoms with E-state index in [0.717, 1.165) is 11.1 Å². The van der Waals surface area contributed by atoms with Gasteiger partial charge in [-0.3, -0.25) is 9.59 Å². The van der Waals surface area contributed by atoms with E-state index >= 15 is 0 Å². The molecule has 0 spiro atoms. The molecule has 0 radical (unpaired) electrons. The van der Waals surface area contributed by atoms with Crippen molar-refractivity contribution in [2.75, 3.05) is 5.32 Å². The van der Waals surface area contributed by atoms with E-state index in [-0.39, 0.29) is 0 Å². The molecule has 0 aliphatic rings. The molecule has 2 rings (SSSR count). The molecule has 0 saturated carbocycles. The van der Waals surface area contributed by atoms with E-state index < -0.39 is 17.6 Å². The third-order valence-corrected chi connectivity index (χ3v) is 3.20. The van der Waals surface area contributed by atoms with Gasteiger partial charge in [0.2, 0.25) is 0 Å².